The van der Waals surface area contributed by atoms with Gasteiger partial charge in [0.05, 0.1) is 0 Å². The minimum absolute atomic E-state index is 0.118. The normalized spacial score (nSPS) is 11.5. The topological polar surface area (TPSA) is 73.0 Å². The quantitative estimate of drug-likeness (QED) is 0.721. The van der Waals surface area contributed by atoms with E-state index in [2.05, 4.69) is 4.98 Å². The van der Waals surface area contributed by atoms with Gasteiger partial charge in [-0.1, -0.05) is 6.92 Å². The van der Waals surface area contributed by atoms with Gasteiger partial charge in [-0.25, -0.2) is 13.6 Å². The lowest BCUT2D eigenvalue weighted by molar-refractivity contribution is 0.596. The molecule has 0 amide bonds. The number of hydrogen-bond donors (Lipinski definition) is 1. The molecule has 1 aromatic rings. The molecule has 0 unspecified atom stereocenters. The highest BCUT2D eigenvalue weighted by Gasteiger charge is 2.11. The van der Waals surface area contributed by atoms with Crippen LogP contribution in [0.5, 0.6) is 0 Å². The number of aromatic nitrogens is 1. The molecule has 0 saturated heterocycles. The largest absolute Gasteiger partial charge is 0.263 e. The Morgan fingerprint density at radius 1 is 1.58 bits per heavy atom. The molecule has 0 bridgehead atoms. The first-order valence-corrected chi connectivity index (χ1v) is 5.06. The standard InChI is InChI=1S/C7H10N2O2S/c1-2-6-3-4-9-5-7(6)12(8,10)11/h3-5H,2H2,1H3,(H2,8,10,11). The summed E-state index contributed by atoms with van der Waals surface area (Å²) in [5.74, 6) is 0. The zero-order chi connectivity index (χ0) is 9.19. The number of aryl methyl sites for hydroxylation is 1. The van der Waals surface area contributed by atoms with E-state index < -0.39 is 10.0 Å². The zero-order valence-electron chi connectivity index (χ0n) is 6.69. The predicted molar refractivity (Wildman–Crippen MR) is 45.0 cm³/mol. The molecule has 1 aromatic heterocycles. The lowest BCUT2D eigenvalue weighted by atomic mass is 10.2. The molecule has 0 aliphatic heterocycles. The first-order valence-electron chi connectivity index (χ1n) is 3.51. The van der Waals surface area contributed by atoms with E-state index in [1.165, 1.54) is 6.20 Å². The molecule has 0 atom stereocenters. The van der Waals surface area contributed by atoms with Crippen LogP contribution in [0.1, 0.15) is 12.5 Å². The number of nitrogens with two attached hydrogens (primary N) is 1. The van der Waals surface area contributed by atoms with Gasteiger partial charge < -0.3 is 0 Å². The third-order valence-electron chi connectivity index (χ3n) is 1.56. The van der Waals surface area contributed by atoms with Crippen LogP contribution in [0.3, 0.4) is 0 Å². The van der Waals surface area contributed by atoms with E-state index in [-0.39, 0.29) is 4.90 Å². The van der Waals surface area contributed by atoms with Crippen molar-refractivity contribution in [2.75, 3.05) is 0 Å². The van der Waals surface area contributed by atoms with Gasteiger partial charge in [0.2, 0.25) is 10.0 Å². The SMILES string of the molecule is CCc1ccncc1S(N)(=O)=O. The van der Waals surface area contributed by atoms with Crippen molar-refractivity contribution in [3.8, 4) is 0 Å². The van der Waals surface area contributed by atoms with Crippen LogP contribution < -0.4 is 5.14 Å². The van der Waals surface area contributed by atoms with Crippen LogP contribution in [0, 0.1) is 0 Å². The van der Waals surface area contributed by atoms with Crippen LogP contribution in [-0.2, 0) is 16.4 Å². The fraction of sp³-hybridized carbons (Fsp3) is 0.286. The van der Waals surface area contributed by atoms with E-state index in [9.17, 15) is 8.42 Å². The van der Waals surface area contributed by atoms with Gasteiger partial charge in [0, 0.05) is 12.4 Å². The summed E-state index contributed by atoms with van der Waals surface area (Å²) in [6, 6.07) is 1.65. The Labute approximate surface area is 71.5 Å². The Kier molecular flexibility index (Phi) is 2.44. The van der Waals surface area contributed by atoms with Crippen LogP contribution in [0.15, 0.2) is 23.4 Å². The van der Waals surface area contributed by atoms with E-state index in [4.69, 9.17) is 5.14 Å². The fourth-order valence-corrected chi connectivity index (χ4v) is 1.74. The molecule has 0 radical (unpaired) electrons. The molecular weight excluding hydrogens is 176 g/mol. The summed E-state index contributed by atoms with van der Waals surface area (Å²) in [5.41, 5.74) is 0.701. The zero-order valence-corrected chi connectivity index (χ0v) is 7.50. The molecule has 1 heterocycles. The second kappa shape index (κ2) is 3.20. The molecule has 12 heavy (non-hydrogen) atoms. The van der Waals surface area contributed by atoms with Crippen LogP contribution in [0.25, 0.3) is 0 Å². The summed E-state index contributed by atoms with van der Waals surface area (Å²) in [6.45, 7) is 1.87. The average Bonchev–Trinajstić information content (AvgIpc) is 2.03. The Morgan fingerprint density at radius 3 is 2.67 bits per heavy atom. The summed E-state index contributed by atoms with van der Waals surface area (Å²) in [4.78, 5) is 3.82. The van der Waals surface area contributed by atoms with Gasteiger partial charge in [-0.05, 0) is 18.1 Å². The number of sulfonamides is 1. The van der Waals surface area contributed by atoms with Crippen molar-refractivity contribution in [1.29, 1.82) is 0 Å². The number of nitrogens with zero attached hydrogens (tertiary/aromatic N) is 1. The molecule has 0 aliphatic carbocycles. The monoisotopic (exact) mass is 186 g/mol. The second-order valence-electron chi connectivity index (χ2n) is 2.38. The third kappa shape index (κ3) is 1.80. The number of rotatable bonds is 2. The number of hydrogen-bond acceptors (Lipinski definition) is 3. The molecule has 0 saturated carbocycles. The summed E-state index contributed by atoms with van der Waals surface area (Å²) < 4.78 is 21.9. The Morgan fingerprint density at radius 2 is 2.25 bits per heavy atom. The lowest BCUT2D eigenvalue weighted by Gasteiger charge is -2.02. The highest BCUT2D eigenvalue weighted by atomic mass is 32.2. The van der Waals surface area contributed by atoms with Gasteiger partial charge in [0.15, 0.2) is 0 Å². The summed E-state index contributed by atoms with van der Waals surface area (Å²) in [6.07, 6.45) is 3.45. The molecule has 4 nitrogen and oxygen atoms in total. The van der Waals surface area contributed by atoms with Crippen molar-refractivity contribution >= 4 is 10.0 Å². The van der Waals surface area contributed by atoms with Gasteiger partial charge in [0.1, 0.15) is 4.90 Å². The fourth-order valence-electron chi connectivity index (χ4n) is 0.957. The van der Waals surface area contributed by atoms with Crippen molar-refractivity contribution in [3.63, 3.8) is 0 Å². The molecule has 0 spiro atoms. The molecule has 1 rings (SSSR count). The van der Waals surface area contributed by atoms with Crippen LogP contribution >= 0.6 is 0 Å². The number of pyridine rings is 1. The van der Waals surface area contributed by atoms with Gasteiger partial charge in [-0.2, -0.15) is 0 Å². The second-order valence-corrected chi connectivity index (χ2v) is 3.91. The maximum absolute atomic E-state index is 11.0. The van der Waals surface area contributed by atoms with Crippen molar-refractivity contribution in [1.82, 2.24) is 4.98 Å². The van der Waals surface area contributed by atoms with E-state index >= 15 is 0 Å². The van der Waals surface area contributed by atoms with Crippen molar-refractivity contribution < 1.29 is 8.42 Å². The highest BCUT2D eigenvalue weighted by molar-refractivity contribution is 7.89. The minimum atomic E-state index is -3.61. The number of primary sulfonamides is 1. The van der Waals surface area contributed by atoms with E-state index in [0.717, 1.165) is 0 Å². The van der Waals surface area contributed by atoms with Crippen LogP contribution in [0.2, 0.25) is 0 Å². The molecule has 5 heteroatoms. The van der Waals surface area contributed by atoms with Crippen LogP contribution in [0.4, 0.5) is 0 Å². The van der Waals surface area contributed by atoms with E-state index in [1.54, 1.807) is 12.3 Å². The van der Waals surface area contributed by atoms with Crippen molar-refractivity contribution in [2.24, 2.45) is 5.14 Å². The van der Waals surface area contributed by atoms with Crippen molar-refractivity contribution in [3.05, 3.63) is 24.0 Å². The highest BCUT2D eigenvalue weighted by Crippen LogP contribution is 2.11. The minimum Gasteiger partial charge on any atom is -0.263 e. The smallest absolute Gasteiger partial charge is 0.239 e. The molecule has 0 fully saturated rings. The van der Waals surface area contributed by atoms with E-state index in [0.29, 0.717) is 12.0 Å². The first kappa shape index (κ1) is 9.15. The summed E-state index contributed by atoms with van der Waals surface area (Å²) in [7, 11) is -3.61. The summed E-state index contributed by atoms with van der Waals surface area (Å²) >= 11 is 0. The summed E-state index contributed by atoms with van der Waals surface area (Å²) in [5, 5.41) is 4.97. The Hall–Kier alpha value is -0.940. The first-order chi connectivity index (χ1) is 5.55. The maximum atomic E-state index is 11.0. The Bertz CT molecular complexity index is 373. The van der Waals surface area contributed by atoms with Gasteiger partial charge in [-0.3, -0.25) is 4.98 Å². The van der Waals surface area contributed by atoms with Gasteiger partial charge in [-0.15, -0.1) is 0 Å². The average molecular weight is 186 g/mol. The van der Waals surface area contributed by atoms with Gasteiger partial charge >= 0.3 is 0 Å². The molecule has 2 N–H and O–H groups in total. The molecular formula is C7H10N2O2S. The molecule has 0 aromatic carbocycles. The third-order valence-corrected chi connectivity index (χ3v) is 2.54. The van der Waals surface area contributed by atoms with Crippen LogP contribution in [-0.4, -0.2) is 13.4 Å². The lowest BCUT2D eigenvalue weighted by Crippen LogP contribution is -2.14. The van der Waals surface area contributed by atoms with Gasteiger partial charge in [0.25, 0.3) is 0 Å². The van der Waals surface area contributed by atoms with E-state index in [1.807, 2.05) is 6.92 Å². The maximum Gasteiger partial charge on any atom is 0.239 e. The molecule has 66 valence electrons. The Balaban J connectivity index is 3.33. The van der Waals surface area contributed by atoms with Crippen molar-refractivity contribution in [2.45, 2.75) is 18.2 Å². The predicted octanol–water partition coefficient (Wildman–Crippen LogP) is 0.291. The molecule has 0 aliphatic rings.